The number of rotatable bonds is 4. The summed E-state index contributed by atoms with van der Waals surface area (Å²) in [6, 6.07) is 8.16. The number of halogens is 1. The standard InChI is InChI=1S/C22H22FN5O/c23-17-6-4-15(5-7-17)21-11-18(27-29-21)14-28-10-8-19-16(13-28)12-25-22(26-19)20-3-1-2-9-24-20/h4-7,11-12H,1-3,8-10,13-14H2. The Bertz CT molecular complexity index is 1040. The number of aliphatic imine (C=N–C) groups is 1. The second-order valence-electron chi connectivity index (χ2n) is 7.60. The molecule has 2 aromatic heterocycles. The van der Waals surface area contributed by atoms with E-state index in [0.717, 1.165) is 67.4 Å². The summed E-state index contributed by atoms with van der Waals surface area (Å²) in [5.41, 5.74) is 5.03. The van der Waals surface area contributed by atoms with Gasteiger partial charge in [0.25, 0.3) is 0 Å². The first kappa shape index (κ1) is 18.1. The van der Waals surface area contributed by atoms with E-state index in [1.807, 2.05) is 12.3 Å². The molecule has 0 unspecified atom stereocenters. The Labute approximate surface area is 168 Å². The Morgan fingerprint density at radius 2 is 2.00 bits per heavy atom. The molecule has 5 rings (SSSR count). The molecule has 0 N–H and O–H groups in total. The Kier molecular flexibility index (Phi) is 4.89. The quantitative estimate of drug-likeness (QED) is 0.677. The molecule has 1 aromatic carbocycles. The maximum Gasteiger partial charge on any atom is 0.173 e. The Balaban J connectivity index is 1.27. The number of hydrogen-bond acceptors (Lipinski definition) is 6. The van der Waals surface area contributed by atoms with Crippen molar-refractivity contribution < 1.29 is 8.91 Å². The molecule has 0 spiro atoms. The van der Waals surface area contributed by atoms with Crippen molar-refractivity contribution in [3.05, 3.63) is 65.1 Å². The highest BCUT2D eigenvalue weighted by molar-refractivity contribution is 5.97. The summed E-state index contributed by atoms with van der Waals surface area (Å²) in [4.78, 5) is 16.3. The average molecular weight is 391 g/mol. The van der Waals surface area contributed by atoms with Crippen LogP contribution >= 0.6 is 0 Å². The molecule has 7 heteroatoms. The van der Waals surface area contributed by atoms with E-state index in [2.05, 4.69) is 20.0 Å². The third kappa shape index (κ3) is 3.96. The molecule has 4 heterocycles. The van der Waals surface area contributed by atoms with Crippen LogP contribution in [0.15, 0.2) is 46.0 Å². The van der Waals surface area contributed by atoms with E-state index in [4.69, 9.17) is 9.51 Å². The molecule has 0 amide bonds. The maximum atomic E-state index is 13.1. The van der Waals surface area contributed by atoms with Gasteiger partial charge >= 0.3 is 0 Å². The van der Waals surface area contributed by atoms with Crippen LogP contribution in [0.2, 0.25) is 0 Å². The van der Waals surface area contributed by atoms with E-state index in [1.165, 1.54) is 24.1 Å². The van der Waals surface area contributed by atoms with Crippen LogP contribution in [0.5, 0.6) is 0 Å². The Hall–Kier alpha value is -2.93. The highest BCUT2D eigenvalue weighted by Crippen LogP contribution is 2.23. The normalized spacial score (nSPS) is 17.1. The van der Waals surface area contributed by atoms with Gasteiger partial charge in [0.05, 0.1) is 17.1 Å². The summed E-state index contributed by atoms with van der Waals surface area (Å²) in [7, 11) is 0. The van der Waals surface area contributed by atoms with Crippen molar-refractivity contribution in [2.24, 2.45) is 4.99 Å². The summed E-state index contributed by atoms with van der Waals surface area (Å²) in [5.74, 6) is 1.19. The van der Waals surface area contributed by atoms with Crippen LogP contribution in [0.3, 0.4) is 0 Å². The van der Waals surface area contributed by atoms with Gasteiger partial charge in [-0.25, -0.2) is 14.4 Å². The van der Waals surface area contributed by atoms with Gasteiger partial charge in [0.2, 0.25) is 0 Å². The van der Waals surface area contributed by atoms with E-state index < -0.39 is 0 Å². The van der Waals surface area contributed by atoms with Crippen molar-refractivity contribution in [3.63, 3.8) is 0 Å². The lowest BCUT2D eigenvalue weighted by Crippen LogP contribution is -2.31. The van der Waals surface area contributed by atoms with Crippen LogP contribution in [-0.4, -0.2) is 38.8 Å². The molecule has 0 saturated heterocycles. The summed E-state index contributed by atoms with van der Waals surface area (Å²) in [6.45, 7) is 3.29. The summed E-state index contributed by atoms with van der Waals surface area (Å²) in [6.07, 6.45) is 6.15. The molecule has 2 aliphatic heterocycles. The molecular weight excluding hydrogens is 369 g/mol. The number of nitrogens with zero attached hydrogens (tertiary/aromatic N) is 5. The minimum atomic E-state index is -0.263. The van der Waals surface area contributed by atoms with Gasteiger partial charge < -0.3 is 4.52 Å². The Morgan fingerprint density at radius 3 is 2.83 bits per heavy atom. The zero-order valence-electron chi connectivity index (χ0n) is 16.1. The van der Waals surface area contributed by atoms with Crippen molar-refractivity contribution in [3.8, 4) is 11.3 Å². The summed E-state index contributed by atoms with van der Waals surface area (Å²) < 4.78 is 18.5. The fourth-order valence-electron chi connectivity index (χ4n) is 3.89. The third-order valence-electron chi connectivity index (χ3n) is 5.47. The molecule has 0 saturated carbocycles. The molecule has 0 aliphatic carbocycles. The summed E-state index contributed by atoms with van der Waals surface area (Å²) in [5, 5.41) is 4.18. The molecular formula is C22H22FN5O. The number of aromatic nitrogens is 3. The number of benzene rings is 1. The minimum Gasteiger partial charge on any atom is -0.356 e. The van der Waals surface area contributed by atoms with Crippen LogP contribution in [0, 0.1) is 5.82 Å². The first-order valence-corrected chi connectivity index (χ1v) is 10.1. The predicted molar refractivity (Wildman–Crippen MR) is 107 cm³/mol. The van der Waals surface area contributed by atoms with Crippen LogP contribution in [0.25, 0.3) is 11.3 Å². The lowest BCUT2D eigenvalue weighted by Gasteiger charge is -2.27. The lowest BCUT2D eigenvalue weighted by atomic mass is 10.1. The monoisotopic (exact) mass is 391 g/mol. The van der Waals surface area contributed by atoms with E-state index >= 15 is 0 Å². The Morgan fingerprint density at radius 1 is 1.10 bits per heavy atom. The molecule has 148 valence electrons. The van der Waals surface area contributed by atoms with Crippen LogP contribution in [0.4, 0.5) is 4.39 Å². The topological polar surface area (TPSA) is 67.4 Å². The van der Waals surface area contributed by atoms with Gasteiger partial charge in [-0.1, -0.05) is 5.16 Å². The highest BCUT2D eigenvalue weighted by atomic mass is 19.1. The van der Waals surface area contributed by atoms with Gasteiger partial charge in [-0.05, 0) is 43.5 Å². The molecule has 0 fully saturated rings. The molecule has 29 heavy (non-hydrogen) atoms. The second-order valence-corrected chi connectivity index (χ2v) is 7.60. The van der Waals surface area contributed by atoms with Crippen molar-refractivity contribution in [1.82, 2.24) is 20.0 Å². The predicted octanol–water partition coefficient (Wildman–Crippen LogP) is 3.80. The molecule has 0 radical (unpaired) electrons. The van der Waals surface area contributed by atoms with Gasteiger partial charge in [-0.15, -0.1) is 0 Å². The second kappa shape index (κ2) is 7.83. The van der Waals surface area contributed by atoms with Gasteiger partial charge in [0.1, 0.15) is 5.82 Å². The van der Waals surface area contributed by atoms with Crippen molar-refractivity contribution >= 4 is 5.71 Å². The molecule has 2 aliphatic rings. The van der Waals surface area contributed by atoms with Gasteiger partial charge in [-0.2, -0.15) is 0 Å². The minimum absolute atomic E-state index is 0.263. The van der Waals surface area contributed by atoms with Crippen LogP contribution in [-0.2, 0) is 19.5 Å². The molecule has 0 bridgehead atoms. The largest absolute Gasteiger partial charge is 0.356 e. The van der Waals surface area contributed by atoms with Crippen LogP contribution in [0.1, 0.15) is 42.0 Å². The zero-order chi connectivity index (χ0) is 19.6. The lowest BCUT2D eigenvalue weighted by molar-refractivity contribution is 0.235. The first-order valence-electron chi connectivity index (χ1n) is 10.1. The zero-order valence-corrected chi connectivity index (χ0v) is 16.1. The van der Waals surface area contributed by atoms with Crippen molar-refractivity contribution in [2.45, 2.75) is 38.8 Å². The fourth-order valence-corrected chi connectivity index (χ4v) is 3.89. The van der Waals surface area contributed by atoms with Gasteiger partial charge in [0, 0.05) is 56.0 Å². The van der Waals surface area contributed by atoms with E-state index in [0.29, 0.717) is 12.3 Å². The van der Waals surface area contributed by atoms with Gasteiger partial charge in [-0.3, -0.25) is 9.89 Å². The molecule has 3 aromatic rings. The SMILES string of the molecule is Fc1ccc(-c2cc(CN3CCc4nc(C5=NCCCC5)ncc4C3)no2)cc1. The fraction of sp³-hybridized carbons (Fsp3) is 0.364. The molecule has 6 nitrogen and oxygen atoms in total. The molecule has 0 atom stereocenters. The van der Waals surface area contributed by atoms with E-state index in [9.17, 15) is 4.39 Å². The van der Waals surface area contributed by atoms with E-state index in [-0.39, 0.29) is 5.82 Å². The summed E-state index contributed by atoms with van der Waals surface area (Å²) >= 11 is 0. The van der Waals surface area contributed by atoms with Crippen LogP contribution < -0.4 is 0 Å². The van der Waals surface area contributed by atoms with Crippen molar-refractivity contribution in [2.75, 3.05) is 13.1 Å². The van der Waals surface area contributed by atoms with E-state index in [1.54, 1.807) is 12.1 Å². The maximum absolute atomic E-state index is 13.1. The smallest absolute Gasteiger partial charge is 0.173 e. The van der Waals surface area contributed by atoms with Crippen molar-refractivity contribution in [1.29, 1.82) is 0 Å². The number of hydrogen-bond donors (Lipinski definition) is 0. The van der Waals surface area contributed by atoms with Gasteiger partial charge in [0.15, 0.2) is 11.6 Å². The first-order chi connectivity index (χ1) is 14.2. The number of fused-ring (bicyclic) bond motifs is 1. The highest BCUT2D eigenvalue weighted by Gasteiger charge is 2.21. The average Bonchev–Trinajstić information content (AvgIpc) is 3.23. The third-order valence-corrected chi connectivity index (χ3v) is 5.47.